The van der Waals surface area contributed by atoms with Crippen molar-refractivity contribution in [1.29, 1.82) is 0 Å². The summed E-state index contributed by atoms with van der Waals surface area (Å²) in [6.07, 6.45) is 3.80. The van der Waals surface area contributed by atoms with Gasteiger partial charge in [-0.25, -0.2) is 0 Å². The minimum atomic E-state index is -1.52. The van der Waals surface area contributed by atoms with Crippen LogP contribution in [0.3, 0.4) is 0 Å². The van der Waals surface area contributed by atoms with Gasteiger partial charge in [-0.05, 0) is 6.42 Å². The molecule has 0 aliphatic heterocycles. The zero-order valence-corrected chi connectivity index (χ0v) is 13.7. The summed E-state index contributed by atoms with van der Waals surface area (Å²) < 4.78 is 0. The zero-order valence-electron chi connectivity index (χ0n) is 12.6. The van der Waals surface area contributed by atoms with Gasteiger partial charge in [-0.3, -0.25) is 4.79 Å². The van der Waals surface area contributed by atoms with Crippen molar-refractivity contribution in [3.05, 3.63) is 0 Å². The molecule has 0 rings (SSSR count). The molecule has 1 unspecified atom stereocenters. The van der Waals surface area contributed by atoms with Crippen LogP contribution in [-0.4, -0.2) is 47.6 Å². The Kier molecular flexibility index (Phi) is 32.5. The molecule has 0 amide bonds. The summed E-state index contributed by atoms with van der Waals surface area (Å²) in [7, 11) is 0. The van der Waals surface area contributed by atoms with Gasteiger partial charge in [-0.15, -0.1) is 13.2 Å². The topological polar surface area (TPSA) is 124 Å². The van der Waals surface area contributed by atoms with E-state index < -0.39 is 17.9 Å². The van der Waals surface area contributed by atoms with Crippen LogP contribution >= 0.6 is 0 Å². The van der Waals surface area contributed by atoms with Gasteiger partial charge in [-0.1, -0.05) is 46.5 Å². The van der Waals surface area contributed by atoms with Crippen LogP contribution in [0.2, 0.25) is 0 Å². The Morgan fingerprint density at radius 2 is 1.35 bits per heavy atom. The number of rotatable bonds is 7. The number of carboxylic acid groups (broad SMARTS) is 2. The summed E-state index contributed by atoms with van der Waals surface area (Å²) in [5.74, 6) is -4.22. The molecule has 1 N–H and O–H groups in total. The third-order valence-electron chi connectivity index (χ3n) is 1.99. The zero-order chi connectivity index (χ0) is 15.7. The average molecular weight is 304 g/mol. The fraction of sp³-hybridized carbons (Fsp3) is 0.846. The second-order valence-corrected chi connectivity index (χ2v) is 3.73. The maximum atomic E-state index is 9.95. The molecule has 0 fully saturated rings. The van der Waals surface area contributed by atoms with E-state index >= 15 is 0 Å². The van der Waals surface area contributed by atoms with Crippen molar-refractivity contribution in [3.8, 4) is 0 Å². The van der Waals surface area contributed by atoms with E-state index in [0.717, 1.165) is 25.7 Å². The second kappa shape index (κ2) is 23.5. The maximum absolute atomic E-state index is 9.95. The van der Waals surface area contributed by atoms with E-state index in [1.54, 1.807) is 0 Å². The molecule has 0 aliphatic rings. The van der Waals surface area contributed by atoms with Crippen LogP contribution in [0.25, 0.3) is 0 Å². The Balaban J connectivity index is -0.000000101. The number of carbonyl (C=O) groups excluding carboxylic acids is 1. The largest absolute Gasteiger partial charge is 3.00 e. The van der Waals surface area contributed by atoms with Crippen molar-refractivity contribution in [2.75, 3.05) is 13.2 Å². The van der Waals surface area contributed by atoms with Crippen molar-refractivity contribution in [2.45, 2.75) is 52.9 Å². The molecule has 6 nitrogen and oxygen atoms in total. The summed E-state index contributed by atoms with van der Waals surface area (Å²) >= 11 is 0. The van der Waals surface area contributed by atoms with Crippen LogP contribution in [0.5, 0.6) is 0 Å². The van der Waals surface area contributed by atoms with E-state index in [9.17, 15) is 24.9 Å². The molecule has 1 atom stereocenters. The van der Waals surface area contributed by atoms with Gasteiger partial charge >= 0.3 is 23.3 Å². The van der Waals surface area contributed by atoms with E-state index in [-0.39, 0.29) is 37.0 Å². The molecule has 0 bridgehead atoms. The van der Waals surface area contributed by atoms with E-state index in [2.05, 4.69) is 0 Å². The van der Waals surface area contributed by atoms with E-state index in [0.29, 0.717) is 0 Å². The Morgan fingerprint density at radius 3 is 1.35 bits per heavy atom. The predicted octanol–water partition coefficient (Wildman–Crippen LogP) is -1.24. The fourth-order valence-electron chi connectivity index (χ4n) is 0.731. The van der Waals surface area contributed by atoms with Crippen molar-refractivity contribution >= 4 is 29.3 Å². The van der Waals surface area contributed by atoms with Crippen LogP contribution in [-0.2, 0) is 9.59 Å². The molecule has 0 aromatic rings. The molecule has 0 spiro atoms. The molecule has 20 heavy (non-hydrogen) atoms. The van der Waals surface area contributed by atoms with Gasteiger partial charge in [-0.2, -0.15) is 0 Å². The molecule has 0 aromatic heterocycles. The Hall–Kier alpha value is -0.608. The van der Waals surface area contributed by atoms with Crippen molar-refractivity contribution in [3.63, 3.8) is 0 Å². The monoisotopic (exact) mass is 304 g/mol. The molecule has 0 saturated heterocycles. The molecule has 0 radical (unpaired) electrons. The SMILES string of the molecule is CCC(C(=O)[O-])C(=O)O.CCCC[O-].CCCC[O-].[Al+3]. The van der Waals surface area contributed by atoms with Crippen molar-refractivity contribution < 1.29 is 30.0 Å². The molecule has 0 aromatic carbocycles. The van der Waals surface area contributed by atoms with Gasteiger partial charge in [0.2, 0.25) is 0 Å². The first-order valence-corrected chi connectivity index (χ1v) is 6.52. The van der Waals surface area contributed by atoms with Crippen molar-refractivity contribution in [2.24, 2.45) is 5.92 Å². The summed E-state index contributed by atoms with van der Waals surface area (Å²) in [4.78, 5) is 19.8. The van der Waals surface area contributed by atoms with Crippen LogP contribution in [0.15, 0.2) is 0 Å². The van der Waals surface area contributed by atoms with Crippen LogP contribution in [0.1, 0.15) is 52.9 Å². The van der Waals surface area contributed by atoms with Gasteiger partial charge < -0.3 is 25.2 Å². The summed E-state index contributed by atoms with van der Waals surface area (Å²) in [5, 5.41) is 37.1. The van der Waals surface area contributed by atoms with E-state index in [1.165, 1.54) is 6.92 Å². The Labute approximate surface area is 132 Å². The molecular weight excluding hydrogens is 279 g/mol. The first-order valence-electron chi connectivity index (χ1n) is 6.52. The van der Waals surface area contributed by atoms with Crippen LogP contribution in [0.4, 0.5) is 0 Å². The Morgan fingerprint density at radius 1 is 1.00 bits per heavy atom. The number of hydrogen-bond donors (Lipinski definition) is 1. The third-order valence-corrected chi connectivity index (χ3v) is 1.99. The molecular formula is C13H25AlO6. The number of aliphatic carboxylic acids is 2. The quantitative estimate of drug-likeness (QED) is 0.463. The minimum Gasteiger partial charge on any atom is -0.854 e. The second-order valence-electron chi connectivity index (χ2n) is 3.73. The predicted molar refractivity (Wildman–Crippen MR) is 71.7 cm³/mol. The number of carboxylic acids is 2. The van der Waals surface area contributed by atoms with Gasteiger partial charge in [0.25, 0.3) is 0 Å². The number of carbonyl (C=O) groups is 2. The van der Waals surface area contributed by atoms with Gasteiger partial charge in [0, 0.05) is 0 Å². The standard InChI is InChI=1S/C5H8O4.2C4H9O.Al/c1-2-3(4(6)7)5(8)9;2*1-2-3-4-5;/h3H,2H2,1H3,(H,6,7)(H,8,9);2*2-4H2,1H3;/q;2*-1;+3/p-1. The number of hydrogen-bond acceptors (Lipinski definition) is 5. The van der Waals surface area contributed by atoms with E-state index in [4.69, 9.17) is 5.11 Å². The minimum absolute atomic E-state index is 0. The summed E-state index contributed by atoms with van der Waals surface area (Å²) in [6, 6.07) is 0. The molecule has 116 valence electrons. The smallest absolute Gasteiger partial charge is 0.854 e. The third kappa shape index (κ3) is 26.1. The normalized spacial score (nSPS) is 9.85. The molecule has 7 heteroatoms. The van der Waals surface area contributed by atoms with Crippen LogP contribution < -0.4 is 15.3 Å². The van der Waals surface area contributed by atoms with E-state index in [1.807, 2.05) is 13.8 Å². The first-order chi connectivity index (χ1) is 8.92. The molecule has 0 aliphatic carbocycles. The summed E-state index contributed by atoms with van der Waals surface area (Å²) in [5.41, 5.74) is 0. The van der Waals surface area contributed by atoms with Gasteiger partial charge in [0.15, 0.2) is 0 Å². The average Bonchev–Trinajstić information content (AvgIpc) is 2.32. The Bertz CT molecular complexity index is 187. The maximum Gasteiger partial charge on any atom is 3.00 e. The molecule has 0 saturated carbocycles. The van der Waals surface area contributed by atoms with Crippen molar-refractivity contribution in [1.82, 2.24) is 0 Å². The first kappa shape index (κ1) is 27.7. The van der Waals surface area contributed by atoms with Crippen LogP contribution in [0, 0.1) is 5.92 Å². The van der Waals surface area contributed by atoms with Gasteiger partial charge in [0.1, 0.15) is 0 Å². The summed E-state index contributed by atoms with van der Waals surface area (Å²) in [6.45, 7) is 5.69. The molecule has 0 heterocycles. The fourth-order valence-corrected chi connectivity index (χ4v) is 0.731. The van der Waals surface area contributed by atoms with Gasteiger partial charge in [0.05, 0.1) is 11.9 Å². The number of unbranched alkanes of at least 4 members (excludes halogenated alkanes) is 2.